The molecule has 0 bridgehead atoms. The van der Waals surface area contributed by atoms with Crippen molar-refractivity contribution in [3.63, 3.8) is 0 Å². The highest BCUT2D eigenvalue weighted by atomic mass is 32.2. The standard InChI is InChI=1S/C45H42N10O5S2/c1-24-8-17-33(41-38(24)31(19-46)21-49-41)54-62(58,59)32-15-9-28(10-16-32)20-50-43(57)36-23-47-35(22-48-36)29-11-13-30(14-12-29)40-39-25(2)26(3)61-44(39)55-27(4)52-53-42(55)34(51-40)18-37(56)60-45(5,6)7/h8-17,21-23,34,49,54H,18,20H2,1-7H3,(H,50,57)/t34-/m0/s1. The minimum Gasteiger partial charge on any atom is -0.460 e. The molecular formula is C45H42N10O5S2. The van der Waals surface area contributed by atoms with Gasteiger partial charge in [-0.2, -0.15) is 5.26 Å². The average molecular weight is 867 g/mol. The number of aryl methyl sites for hydroxylation is 3. The molecule has 1 aliphatic heterocycles. The lowest BCUT2D eigenvalue weighted by Crippen LogP contribution is -2.25. The van der Waals surface area contributed by atoms with Gasteiger partial charge in [-0.3, -0.25) is 28.9 Å². The zero-order valence-corrected chi connectivity index (χ0v) is 36.6. The van der Waals surface area contributed by atoms with Crippen molar-refractivity contribution >= 4 is 55.5 Å². The number of carbonyl (C=O) groups is 2. The molecule has 3 N–H and O–H groups in total. The number of amides is 1. The van der Waals surface area contributed by atoms with E-state index in [1.807, 2.05) is 63.5 Å². The average Bonchev–Trinajstić information content (AvgIpc) is 3.91. The third-order valence-electron chi connectivity index (χ3n) is 10.5. The number of thiophene rings is 1. The number of fused-ring (bicyclic) bond motifs is 4. The van der Waals surface area contributed by atoms with Crippen LogP contribution in [0.1, 0.15) is 93.6 Å². The van der Waals surface area contributed by atoms with Crippen LogP contribution in [0.5, 0.6) is 0 Å². The lowest BCUT2D eigenvalue weighted by atomic mass is 9.98. The Morgan fingerprint density at radius 1 is 0.952 bits per heavy atom. The van der Waals surface area contributed by atoms with Crippen molar-refractivity contribution in [3.05, 3.63) is 135 Å². The number of esters is 1. The maximum Gasteiger partial charge on any atom is 0.308 e. The van der Waals surface area contributed by atoms with E-state index in [4.69, 9.17) is 9.73 Å². The van der Waals surface area contributed by atoms with E-state index in [2.05, 4.69) is 55.1 Å². The Hall–Kier alpha value is -7.03. The number of carbonyl (C=O) groups excluding carboxylic acids is 2. The molecule has 62 heavy (non-hydrogen) atoms. The van der Waals surface area contributed by atoms with Gasteiger partial charge in [0.25, 0.3) is 15.9 Å². The molecule has 0 unspecified atom stereocenters. The molecule has 314 valence electrons. The predicted octanol–water partition coefficient (Wildman–Crippen LogP) is 7.73. The number of nitrogens with one attached hydrogen (secondary N) is 3. The highest BCUT2D eigenvalue weighted by Crippen LogP contribution is 2.40. The minimum absolute atomic E-state index is 0.00649. The van der Waals surface area contributed by atoms with Crippen LogP contribution in [0.2, 0.25) is 0 Å². The smallest absolute Gasteiger partial charge is 0.308 e. The molecule has 4 aromatic heterocycles. The summed E-state index contributed by atoms with van der Waals surface area (Å²) in [4.78, 5) is 44.5. The van der Waals surface area contributed by atoms with E-state index in [1.54, 1.807) is 41.8 Å². The number of benzene rings is 3. The van der Waals surface area contributed by atoms with Gasteiger partial charge < -0.3 is 15.0 Å². The molecular weight excluding hydrogens is 825 g/mol. The lowest BCUT2D eigenvalue weighted by Gasteiger charge is -2.21. The molecule has 0 fully saturated rings. The second-order valence-corrected chi connectivity index (χ2v) is 18.9. The summed E-state index contributed by atoms with van der Waals surface area (Å²) in [5, 5.41) is 22.7. The van der Waals surface area contributed by atoms with Crippen LogP contribution in [0, 0.1) is 39.0 Å². The van der Waals surface area contributed by atoms with Gasteiger partial charge in [-0.05, 0) is 83.4 Å². The van der Waals surface area contributed by atoms with Crippen molar-refractivity contribution < 1.29 is 22.7 Å². The molecule has 1 aliphatic rings. The number of aromatic nitrogens is 6. The quantitative estimate of drug-likeness (QED) is 0.114. The van der Waals surface area contributed by atoms with Gasteiger partial charge in [0, 0.05) is 39.7 Å². The van der Waals surface area contributed by atoms with Crippen LogP contribution >= 0.6 is 11.3 Å². The third-order valence-corrected chi connectivity index (χ3v) is 13.0. The van der Waals surface area contributed by atoms with Crippen LogP contribution in [0.3, 0.4) is 0 Å². The molecule has 17 heteroatoms. The van der Waals surface area contributed by atoms with E-state index in [1.165, 1.54) is 24.5 Å². The largest absolute Gasteiger partial charge is 0.460 e. The maximum atomic E-state index is 13.3. The van der Waals surface area contributed by atoms with E-state index in [9.17, 15) is 23.3 Å². The Kier molecular flexibility index (Phi) is 10.8. The summed E-state index contributed by atoms with van der Waals surface area (Å²) >= 11 is 1.63. The Balaban J connectivity index is 0.951. The van der Waals surface area contributed by atoms with Crippen molar-refractivity contribution in [3.8, 4) is 22.3 Å². The van der Waals surface area contributed by atoms with Crippen LogP contribution in [0.4, 0.5) is 5.69 Å². The molecule has 5 heterocycles. The summed E-state index contributed by atoms with van der Waals surface area (Å²) in [6.07, 6.45) is 4.49. The number of aromatic amines is 1. The predicted molar refractivity (Wildman–Crippen MR) is 236 cm³/mol. The summed E-state index contributed by atoms with van der Waals surface area (Å²) in [5.41, 5.74) is 7.20. The van der Waals surface area contributed by atoms with Gasteiger partial charge in [0.05, 0.1) is 51.9 Å². The molecule has 0 radical (unpaired) electrons. The number of nitrogens with zero attached hydrogens (tertiary/aromatic N) is 7. The molecule has 0 saturated heterocycles. The maximum absolute atomic E-state index is 13.3. The van der Waals surface area contributed by atoms with Crippen molar-refractivity contribution in [2.24, 2.45) is 4.99 Å². The van der Waals surface area contributed by atoms with Crippen LogP contribution in [-0.4, -0.2) is 61.3 Å². The van der Waals surface area contributed by atoms with Gasteiger partial charge in [-0.1, -0.05) is 42.5 Å². The van der Waals surface area contributed by atoms with Crippen molar-refractivity contribution in [1.29, 1.82) is 5.26 Å². The summed E-state index contributed by atoms with van der Waals surface area (Å²) in [6, 6.07) is 18.8. The van der Waals surface area contributed by atoms with E-state index < -0.39 is 27.6 Å². The van der Waals surface area contributed by atoms with Crippen molar-refractivity contribution in [2.45, 2.75) is 78.0 Å². The second-order valence-electron chi connectivity index (χ2n) is 16.0. The Morgan fingerprint density at radius 3 is 2.35 bits per heavy atom. The Labute approximate surface area is 362 Å². The number of rotatable bonds is 10. The summed E-state index contributed by atoms with van der Waals surface area (Å²) in [6.45, 7) is 13.5. The number of hydrogen-bond donors (Lipinski definition) is 3. The first kappa shape index (κ1) is 41.7. The number of aliphatic imine (C=N–C) groups is 1. The Bertz CT molecular complexity index is 3080. The molecule has 0 spiro atoms. The Morgan fingerprint density at radius 2 is 1.68 bits per heavy atom. The molecule has 0 aliphatic carbocycles. The number of hydrogen-bond acceptors (Lipinski definition) is 12. The van der Waals surface area contributed by atoms with Gasteiger partial charge in [0.2, 0.25) is 0 Å². The highest BCUT2D eigenvalue weighted by molar-refractivity contribution is 7.92. The van der Waals surface area contributed by atoms with E-state index in [-0.39, 0.29) is 29.5 Å². The summed E-state index contributed by atoms with van der Waals surface area (Å²) in [5.74, 6) is 0.450. The molecule has 3 aromatic carbocycles. The van der Waals surface area contributed by atoms with Crippen LogP contribution < -0.4 is 10.0 Å². The zero-order chi connectivity index (χ0) is 44.1. The molecule has 8 rings (SSSR count). The van der Waals surface area contributed by atoms with Gasteiger partial charge in [0.15, 0.2) is 5.82 Å². The van der Waals surface area contributed by atoms with Gasteiger partial charge in [0.1, 0.15) is 34.2 Å². The summed E-state index contributed by atoms with van der Waals surface area (Å²) in [7, 11) is -3.96. The van der Waals surface area contributed by atoms with Crippen LogP contribution in [0.25, 0.3) is 27.2 Å². The van der Waals surface area contributed by atoms with Crippen molar-refractivity contribution in [1.82, 2.24) is 35.0 Å². The number of nitriles is 1. The first-order valence-electron chi connectivity index (χ1n) is 19.7. The molecule has 1 amide bonds. The SMILES string of the molecule is Cc1sc2c(c1C)C(c1ccc(-c3cnc(C(=O)NCc4ccc(S(=O)(=O)Nc5ccc(C)c6c(C#N)c[nH]c56)cc4)cn3)cc1)=N[C@@H](CC(=O)OC(C)(C)C)c1nnc(C)n1-2. The van der Waals surface area contributed by atoms with Crippen molar-refractivity contribution in [2.75, 3.05) is 4.72 Å². The monoisotopic (exact) mass is 866 g/mol. The highest BCUT2D eigenvalue weighted by Gasteiger charge is 2.33. The first-order valence-corrected chi connectivity index (χ1v) is 22.0. The number of anilines is 1. The van der Waals surface area contributed by atoms with E-state index in [0.29, 0.717) is 45.1 Å². The van der Waals surface area contributed by atoms with Gasteiger partial charge >= 0.3 is 5.97 Å². The number of ether oxygens (including phenoxy) is 1. The fraction of sp³-hybridized carbons (Fsp3) is 0.244. The van der Waals surface area contributed by atoms with E-state index >= 15 is 0 Å². The topological polar surface area (TPSA) is 210 Å². The fourth-order valence-corrected chi connectivity index (χ4v) is 9.60. The number of sulfonamides is 1. The summed E-state index contributed by atoms with van der Waals surface area (Å²) < 4.78 is 36.9. The normalized spacial score (nSPS) is 13.7. The van der Waals surface area contributed by atoms with Gasteiger partial charge in [-0.25, -0.2) is 13.4 Å². The van der Waals surface area contributed by atoms with E-state index in [0.717, 1.165) is 43.4 Å². The molecule has 1 atom stereocenters. The first-order chi connectivity index (χ1) is 29.5. The van der Waals surface area contributed by atoms with Gasteiger partial charge in [-0.15, -0.1) is 21.5 Å². The molecule has 0 saturated carbocycles. The molecule has 15 nitrogen and oxygen atoms in total. The van der Waals surface area contributed by atoms with Crippen LogP contribution in [-0.2, 0) is 26.1 Å². The second kappa shape index (κ2) is 16.1. The molecule has 7 aromatic rings. The third kappa shape index (κ3) is 8.09. The fourth-order valence-electron chi connectivity index (χ4n) is 7.32. The van der Waals surface area contributed by atoms with Crippen LogP contribution in [0.15, 0.2) is 89.1 Å². The zero-order valence-electron chi connectivity index (χ0n) is 35.0. The minimum atomic E-state index is -3.96. The lowest BCUT2D eigenvalue weighted by molar-refractivity contribution is -0.155. The number of H-pyrrole nitrogens is 1.